The average molecular weight is 343 g/mol. The van der Waals surface area contributed by atoms with E-state index in [-0.39, 0.29) is 10.6 Å². The van der Waals surface area contributed by atoms with Gasteiger partial charge in [-0.05, 0) is 43.9 Å². The number of halogens is 1. The van der Waals surface area contributed by atoms with Gasteiger partial charge in [-0.3, -0.25) is 10.1 Å². The van der Waals surface area contributed by atoms with Gasteiger partial charge < -0.3 is 10.1 Å². The summed E-state index contributed by atoms with van der Waals surface area (Å²) in [5.74, 6) is 0. The van der Waals surface area contributed by atoms with Crippen LogP contribution < -0.4 is 5.32 Å². The zero-order chi connectivity index (χ0) is 14.4. The maximum Gasteiger partial charge on any atom is 0.270 e. The lowest BCUT2D eigenvalue weighted by Crippen LogP contribution is -2.25. The van der Waals surface area contributed by atoms with Crippen LogP contribution in [0.4, 0.5) is 5.69 Å². The highest BCUT2D eigenvalue weighted by Crippen LogP contribution is 2.21. The van der Waals surface area contributed by atoms with Gasteiger partial charge in [0.05, 0.1) is 11.0 Å². The average Bonchev–Trinajstić information content (AvgIpc) is 2.44. The number of hydrogen-bond acceptors (Lipinski definition) is 4. The normalized spacial score (nSPS) is 18.9. The van der Waals surface area contributed by atoms with Crippen molar-refractivity contribution in [1.82, 2.24) is 5.32 Å². The summed E-state index contributed by atoms with van der Waals surface area (Å²) in [5.41, 5.74) is 1.03. The topological polar surface area (TPSA) is 64.4 Å². The maximum absolute atomic E-state index is 10.8. The van der Waals surface area contributed by atoms with E-state index < -0.39 is 0 Å². The number of nitrogens with zero attached hydrogens (tertiary/aromatic N) is 1. The van der Waals surface area contributed by atoms with Crippen LogP contribution in [-0.4, -0.2) is 24.2 Å². The summed E-state index contributed by atoms with van der Waals surface area (Å²) in [4.78, 5) is 10.4. The summed E-state index contributed by atoms with van der Waals surface area (Å²) >= 11 is 3.30. The lowest BCUT2D eigenvalue weighted by molar-refractivity contribution is -0.385. The van der Waals surface area contributed by atoms with Crippen molar-refractivity contribution in [2.24, 2.45) is 0 Å². The summed E-state index contributed by atoms with van der Waals surface area (Å²) in [7, 11) is 0. The first-order valence-corrected chi connectivity index (χ1v) is 7.70. The van der Waals surface area contributed by atoms with Gasteiger partial charge in [-0.15, -0.1) is 0 Å². The molecule has 1 aromatic rings. The van der Waals surface area contributed by atoms with Gasteiger partial charge >= 0.3 is 0 Å². The molecule has 0 aromatic heterocycles. The molecule has 2 rings (SSSR count). The van der Waals surface area contributed by atoms with Gasteiger partial charge in [-0.2, -0.15) is 0 Å². The molecular formula is C14H19BrN2O3. The van der Waals surface area contributed by atoms with Crippen LogP contribution in [-0.2, 0) is 11.3 Å². The number of nitrogens with one attached hydrogen (secondary N) is 1. The van der Waals surface area contributed by atoms with E-state index in [0.29, 0.717) is 12.6 Å². The Morgan fingerprint density at radius 2 is 2.25 bits per heavy atom. The molecule has 1 fully saturated rings. The van der Waals surface area contributed by atoms with Crippen LogP contribution in [0.15, 0.2) is 22.7 Å². The van der Waals surface area contributed by atoms with Gasteiger partial charge in [-0.1, -0.05) is 15.9 Å². The molecule has 0 amide bonds. The van der Waals surface area contributed by atoms with Crippen molar-refractivity contribution in [1.29, 1.82) is 0 Å². The number of benzene rings is 1. The first-order valence-electron chi connectivity index (χ1n) is 6.91. The fourth-order valence-electron chi connectivity index (χ4n) is 2.37. The van der Waals surface area contributed by atoms with E-state index in [4.69, 9.17) is 4.74 Å². The van der Waals surface area contributed by atoms with Crippen LogP contribution in [0.1, 0.15) is 31.2 Å². The summed E-state index contributed by atoms with van der Waals surface area (Å²) < 4.78 is 6.40. The van der Waals surface area contributed by atoms with Crippen molar-refractivity contribution in [3.05, 3.63) is 38.3 Å². The Labute approximate surface area is 127 Å². The molecule has 1 heterocycles. The van der Waals surface area contributed by atoms with Crippen molar-refractivity contribution in [3.63, 3.8) is 0 Å². The predicted molar refractivity (Wildman–Crippen MR) is 80.7 cm³/mol. The van der Waals surface area contributed by atoms with Crippen LogP contribution in [0.5, 0.6) is 0 Å². The molecule has 5 nitrogen and oxygen atoms in total. The van der Waals surface area contributed by atoms with E-state index in [0.717, 1.165) is 36.0 Å². The van der Waals surface area contributed by atoms with Gasteiger partial charge in [0, 0.05) is 29.8 Å². The van der Waals surface area contributed by atoms with Crippen molar-refractivity contribution in [3.8, 4) is 0 Å². The SMILES string of the molecule is O=[N+]([O-])c1cc(Br)cc(CNCCC2CCCCO2)c1. The highest BCUT2D eigenvalue weighted by atomic mass is 79.9. The fraction of sp³-hybridized carbons (Fsp3) is 0.571. The van der Waals surface area contributed by atoms with E-state index in [9.17, 15) is 10.1 Å². The fourth-order valence-corrected chi connectivity index (χ4v) is 2.90. The molecule has 20 heavy (non-hydrogen) atoms. The molecular weight excluding hydrogens is 324 g/mol. The molecule has 1 aromatic carbocycles. The third-order valence-corrected chi connectivity index (χ3v) is 3.86. The van der Waals surface area contributed by atoms with Gasteiger partial charge in [0.25, 0.3) is 5.69 Å². The first-order chi connectivity index (χ1) is 9.65. The van der Waals surface area contributed by atoms with Gasteiger partial charge in [-0.25, -0.2) is 0 Å². The third-order valence-electron chi connectivity index (χ3n) is 3.40. The van der Waals surface area contributed by atoms with E-state index in [1.165, 1.54) is 18.9 Å². The number of rotatable bonds is 6. The number of nitro groups is 1. The number of ether oxygens (including phenoxy) is 1. The maximum atomic E-state index is 10.8. The van der Waals surface area contributed by atoms with Crippen LogP contribution in [0.3, 0.4) is 0 Å². The highest BCUT2D eigenvalue weighted by molar-refractivity contribution is 9.10. The molecule has 1 saturated heterocycles. The standard InChI is InChI=1S/C14H19BrN2O3/c15-12-7-11(8-13(9-12)17(18)19)10-16-5-4-14-3-1-2-6-20-14/h7-9,14,16H,1-6,10H2. The Morgan fingerprint density at radius 3 is 2.95 bits per heavy atom. The smallest absolute Gasteiger partial charge is 0.270 e. The monoisotopic (exact) mass is 342 g/mol. The molecule has 1 N–H and O–H groups in total. The lowest BCUT2D eigenvalue weighted by Gasteiger charge is -2.22. The quantitative estimate of drug-likeness (QED) is 0.488. The Balaban J connectivity index is 1.77. The number of hydrogen-bond donors (Lipinski definition) is 1. The Morgan fingerprint density at radius 1 is 1.40 bits per heavy atom. The predicted octanol–water partition coefficient (Wildman–Crippen LogP) is 3.41. The Hall–Kier alpha value is -0.980. The zero-order valence-corrected chi connectivity index (χ0v) is 12.9. The van der Waals surface area contributed by atoms with E-state index >= 15 is 0 Å². The minimum atomic E-state index is -0.371. The second kappa shape index (κ2) is 7.71. The molecule has 0 spiro atoms. The second-order valence-corrected chi connectivity index (χ2v) is 5.94. The summed E-state index contributed by atoms with van der Waals surface area (Å²) in [6.45, 7) is 2.38. The van der Waals surface area contributed by atoms with E-state index in [2.05, 4.69) is 21.2 Å². The molecule has 1 atom stereocenters. The Bertz CT molecular complexity index is 462. The molecule has 1 unspecified atom stereocenters. The minimum absolute atomic E-state index is 0.117. The molecule has 0 bridgehead atoms. The second-order valence-electron chi connectivity index (χ2n) is 5.03. The third kappa shape index (κ3) is 4.85. The van der Waals surface area contributed by atoms with Crippen molar-refractivity contribution >= 4 is 21.6 Å². The number of non-ortho nitro benzene ring substituents is 1. The minimum Gasteiger partial charge on any atom is -0.378 e. The van der Waals surface area contributed by atoms with Crippen molar-refractivity contribution < 1.29 is 9.66 Å². The zero-order valence-electron chi connectivity index (χ0n) is 11.3. The van der Waals surface area contributed by atoms with Crippen molar-refractivity contribution in [2.75, 3.05) is 13.2 Å². The van der Waals surface area contributed by atoms with Crippen LogP contribution in [0, 0.1) is 10.1 Å². The summed E-state index contributed by atoms with van der Waals surface area (Å²) in [6.07, 6.45) is 4.93. The molecule has 0 saturated carbocycles. The largest absolute Gasteiger partial charge is 0.378 e. The van der Waals surface area contributed by atoms with Gasteiger partial charge in [0.2, 0.25) is 0 Å². The highest BCUT2D eigenvalue weighted by Gasteiger charge is 2.13. The summed E-state index contributed by atoms with van der Waals surface area (Å²) in [6, 6.07) is 5.02. The van der Waals surface area contributed by atoms with E-state index in [1.54, 1.807) is 6.07 Å². The molecule has 1 aliphatic rings. The first kappa shape index (κ1) is 15.4. The summed E-state index contributed by atoms with van der Waals surface area (Å²) in [5, 5.41) is 14.1. The van der Waals surface area contributed by atoms with Crippen LogP contribution in [0.25, 0.3) is 0 Å². The molecule has 6 heteroatoms. The number of nitro benzene ring substituents is 1. The molecule has 0 radical (unpaired) electrons. The van der Waals surface area contributed by atoms with Crippen LogP contribution >= 0.6 is 15.9 Å². The van der Waals surface area contributed by atoms with Crippen LogP contribution in [0.2, 0.25) is 0 Å². The van der Waals surface area contributed by atoms with Gasteiger partial charge in [0.1, 0.15) is 0 Å². The van der Waals surface area contributed by atoms with Crippen molar-refractivity contribution in [2.45, 2.75) is 38.3 Å². The lowest BCUT2D eigenvalue weighted by atomic mass is 10.1. The van der Waals surface area contributed by atoms with E-state index in [1.807, 2.05) is 6.07 Å². The Kier molecular flexibility index (Phi) is 5.94. The molecule has 1 aliphatic heterocycles. The van der Waals surface area contributed by atoms with Gasteiger partial charge in [0.15, 0.2) is 0 Å². The molecule has 110 valence electrons. The molecule has 0 aliphatic carbocycles.